The molecular formula is C17H16N4O2S. The Kier molecular flexibility index (Phi) is 4.10. The Morgan fingerprint density at radius 3 is 2.88 bits per heavy atom. The average Bonchev–Trinajstić information content (AvgIpc) is 3.22. The van der Waals surface area contributed by atoms with Crippen LogP contribution in [0.4, 0.5) is 5.69 Å². The number of hydrogen-bond donors (Lipinski definition) is 1. The number of hydrogen-bond acceptors (Lipinski definition) is 6. The molecule has 3 aromatic rings. The molecular weight excluding hydrogens is 324 g/mol. The minimum atomic E-state index is -0.0101. The molecule has 0 bridgehead atoms. The Hall–Kier alpha value is -2.51. The molecule has 4 rings (SSSR count). The van der Waals surface area contributed by atoms with Gasteiger partial charge in [0.1, 0.15) is 0 Å². The molecule has 0 saturated carbocycles. The van der Waals surface area contributed by atoms with Crippen molar-refractivity contribution in [3.05, 3.63) is 53.0 Å². The van der Waals surface area contributed by atoms with Crippen LogP contribution in [0.25, 0.3) is 11.4 Å². The maximum atomic E-state index is 12.0. The topological polar surface area (TPSA) is 71.3 Å². The van der Waals surface area contributed by atoms with E-state index < -0.39 is 0 Å². The summed E-state index contributed by atoms with van der Waals surface area (Å²) in [4.78, 5) is 18.5. The lowest BCUT2D eigenvalue weighted by molar-refractivity contribution is -0.118. The smallest absolute Gasteiger partial charge is 0.238 e. The normalized spacial score (nSPS) is 15.2. The maximum Gasteiger partial charge on any atom is 0.238 e. The first-order chi connectivity index (χ1) is 11.8. The van der Waals surface area contributed by atoms with Gasteiger partial charge >= 0.3 is 0 Å². The largest absolute Gasteiger partial charge is 0.339 e. The number of benzene rings is 1. The molecule has 0 atom stereocenters. The molecule has 24 heavy (non-hydrogen) atoms. The quantitative estimate of drug-likeness (QED) is 0.773. The predicted molar refractivity (Wildman–Crippen MR) is 91.9 cm³/mol. The van der Waals surface area contributed by atoms with Crippen LogP contribution < -0.4 is 5.32 Å². The fraction of sp³-hybridized carbons (Fsp3) is 0.235. The van der Waals surface area contributed by atoms with E-state index in [1.165, 1.54) is 0 Å². The van der Waals surface area contributed by atoms with Gasteiger partial charge in [0, 0.05) is 29.7 Å². The van der Waals surface area contributed by atoms with Crippen molar-refractivity contribution < 1.29 is 9.32 Å². The fourth-order valence-corrected chi connectivity index (χ4v) is 3.32. The van der Waals surface area contributed by atoms with Crippen molar-refractivity contribution in [2.75, 3.05) is 25.0 Å². The van der Waals surface area contributed by atoms with Gasteiger partial charge in [-0.2, -0.15) is 16.3 Å². The number of rotatable bonds is 5. The molecule has 2 aromatic heterocycles. The Bertz CT molecular complexity index is 810. The molecule has 0 radical (unpaired) electrons. The summed E-state index contributed by atoms with van der Waals surface area (Å²) in [5.74, 6) is 1.47. The molecule has 1 aliphatic heterocycles. The van der Waals surface area contributed by atoms with E-state index in [1.807, 2.05) is 47.2 Å². The third-order valence-electron chi connectivity index (χ3n) is 3.95. The molecule has 1 amide bonds. The number of thiophene rings is 1. The summed E-state index contributed by atoms with van der Waals surface area (Å²) in [6.45, 7) is 1.89. The number of para-hydroxylation sites is 1. The van der Waals surface area contributed by atoms with Gasteiger partial charge in [-0.05, 0) is 23.6 Å². The molecule has 1 fully saturated rings. The van der Waals surface area contributed by atoms with E-state index in [-0.39, 0.29) is 11.8 Å². The van der Waals surface area contributed by atoms with Gasteiger partial charge in [-0.25, -0.2) is 0 Å². The second-order valence-corrected chi connectivity index (χ2v) is 6.55. The van der Waals surface area contributed by atoms with Crippen LogP contribution in [0.15, 0.2) is 51.7 Å². The zero-order valence-corrected chi connectivity index (χ0v) is 13.7. The van der Waals surface area contributed by atoms with Gasteiger partial charge in [-0.1, -0.05) is 23.4 Å². The predicted octanol–water partition coefficient (Wildman–Crippen LogP) is 2.84. The number of anilines is 1. The highest BCUT2D eigenvalue weighted by Gasteiger charge is 2.33. The zero-order chi connectivity index (χ0) is 16.4. The first kappa shape index (κ1) is 15.0. The number of carbonyl (C=O) groups excluding carboxylic acids is 1. The summed E-state index contributed by atoms with van der Waals surface area (Å²) in [5, 5.41) is 10.9. The highest BCUT2D eigenvalue weighted by Crippen LogP contribution is 2.28. The van der Waals surface area contributed by atoms with E-state index >= 15 is 0 Å². The second-order valence-electron chi connectivity index (χ2n) is 5.77. The minimum Gasteiger partial charge on any atom is -0.339 e. The van der Waals surface area contributed by atoms with Crippen LogP contribution in [0, 0.1) is 0 Å². The first-order valence-corrected chi connectivity index (χ1v) is 8.65. The van der Waals surface area contributed by atoms with Crippen molar-refractivity contribution in [1.82, 2.24) is 15.0 Å². The molecule has 1 aliphatic rings. The summed E-state index contributed by atoms with van der Waals surface area (Å²) in [6, 6.07) is 11.4. The number of likely N-dealkylation sites (tertiary alicyclic amines) is 1. The third-order valence-corrected chi connectivity index (χ3v) is 4.64. The van der Waals surface area contributed by atoms with E-state index in [1.54, 1.807) is 11.3 Å². The van der Waals surface area contributed by atoms with E-state index in [9.17, 15) is 4.79 Å². The van der Waals surface area contributed by atoms with Crippen LogP contribution in [0.5, 0.6) is 0 Å². The summed E-state index contributed by atoms with van der Waals surface area (Å²) in [5.41, 5.74) is 1.80. The van der Waals surface area contributed by atoms with Gasteiger partial charge in [0.15, 0.2) is 0 Å². The van der Waals surface area contributed by atoms with E-state index in [4.69, 9.17) is 4.52 Å². The van der Waals surface area contributed by atoms with Crippen molar-refractivity contribution in [3.63, 3.8) is 0 Å². The van der Waals surface area contributed by atoms with Crippen LogP contribution in [0.3, 0.4) is 0 Å². The Morgan fingerprint density at radius 2 is 2.12 bits per heavy atom. The molecule has 1 saturated heterocycles. The van der Waals surface area contributed by atoms with Gasteiger partial charge in [-0.15, -0.1) is 0 Å². The van der Waals surface area contributed by atoms with Gasteiger partial charge in [0.05, 0.1) is 12.5 Å². The molecule has 1 N–H and O–H groups in total. The molecule has 6 nitrogen and oxygen atoms in total. The van der Waals surface area contributed by atoms with Crippen molar-refractivity contribution in [2.45, 2.75) is 5.92 Å². The number of nitrogens with zero attached hydrogens (tertiary/aromatic N) is 3. The lowest BCUT2D eigenvalue weighted by Gasteiger charge is -2.36. The summed E-state index contributed by atoms with van der Waals surface area (Å²) < 4.78 is 5.36. The lowest BCUT2D eigenvalue weighted by atomic mass is 10.0. The van der Waals surface area contributed by atoms with Crippen LogP contribution in [0.1, 0.15) is 11.8 Å². The van der Waals surface area contributed by atoms with Crippen molar-refractivity contribution in [1.29, 1.82) is 0 Å². The number of nitrogens with one attached hydrogen (secondary N) is 1. The van der Waals surface area contributed by atoms with Crippen LogP contribution in [-0.4, -0.2) is 40.6 Å². The van der Waals surface area contributed by atoms with Crippen LogP contribution in [0.2, 0.25) is 0 Å². The van der Waals surface area contributed by atoms with E-state index in [2.05, 4.69) is 20.4 Å². The molecule has 3 heterocycles. The third kappa shape index (κ3) is 3.22. The number of aromatic nitrogens is 2. The molecule has 7 heteroatoms. The average molecular weight is 340 g/mol. The van der Waals surface area contributed by atoms with Crippen LogP contribution >= 0.6 is 11.3 Å². The van der Waals surface area contributed by atoms with E-state index in [0.29, 0.717) is 18.3 Å². The summed E-state index contributed by atoms with van der Waals surface area (Å²) in [7, 11) is 0. The summed E-state index contributed by atoms with van der Waals surface area (Å²) >= 11 is 1.61. The Balaban J connectivity index is 1.28. The second kappa shape index (κ2) is 6.54. The Labute approximate surface area is 143 Å². The van der Waals surface area contributed by atoms with Crippen molar-refractivity contribution >= 4 is 22.9 Å². The molecule has 1 aromatic carbocycles. The number of carbonyl (C=O) groups is 1. The van der Waals surface area contributed by atoms with E-state index in [0.717, 1.165) is 24.3 Å². The zero-order valence-electron chi connectivity index (χ0n) is 12.9. The number of amides is 1. The van der Waals surface area contributed by atoms with Gasteiger partial charge in [0.2, 0.25) is 17.6 Å². The Morgan fingerprint density at radius 1 is 1.29 bits per heavy atom. The summed E-state index contributed by atoms with van der Waals surface area (Å²) in [6.07, 6.45) is 0. The van der Waals surface area contributed by atoms with Crippen molar-refractivity contribution in [3.8, 4) is 11.4 Å². The van der Waals surface area contributed by atoms with Gasteiger partial charge in [0.25, 0.3) is 0 Å². The highest BCUT2D eigenvalue weighted by molar-refractivity contribution is 7.08. The van der Waals surface area contributed by atoms with Crippen molar-refractivity contribution in [2.24, 2.45) is 0 Å². The molecule has 0 unspecified atom stereocenters. The van der Waals surface area contributed by atoms with Gasteiger partial charge in [-0.3, -0.25) is 9.69 Å². The lowest BCUT2D eigenvalue weighted by Crippen LogP contribution is -2.48. The molecule has 122 valence electrons. The standard InChI is InChI=1S/C17H16N4O2S/c22-15(18-14-4-2-1-3-5-14)10-21-8-13(9-21)17-19-16(20-23-17)12-6-7-24-11-12/h1-7,11,13H,8-10H2,(H,18,22). The highest BCUT2D eigenvalue weighted by atomic mass is 32.1. The maximum absolute atomic E-state index is 12.0. The minimum absolute atomic E-state index is 0.0101. The molecule has 0 aliphatic carbocycles. The van der Waals surface area contributed by atoms with Gasteiger partial charge < -0.3 is 9.84 Å². The van der Waals surface area contributed by atoms with Crippen LogP contribution in [-0.2, 0) is 4.79 Å². The first-order valence-electron chi connectivity index (χ1n) is 7.71. The SMILES string of the molecule is O=C(CN1CC(c2nc(-c3ccsc3)no2)C1)Nc1ccccc1. The molecule has 0 spiro atoms. The fourth-order valence-electron chi connectivity index (χ4n) is 2.69. The monoisotopic (exact) mass is 340 g/mol.